The van der Waals surface area contributed by atoms with Crippen LogP contribution >= 0.6 is 43.2 Å². The van der Waals surface area contributed by atoms with E-state index in [1.807, 2.05) is 0 Å². The number of fused-ring (bicyclic) bond motifs is 1. The summed E-state index contributed by atoms with van der Waals surface area (Å²) in [5.74, 6) is 0. The monoisotopic (exact) mass is 380 g/mol. The highest BCUT2D eigenvalue weighted by Crippen LogP contribution is 2.41. The smallest absolute Gasteiger partial charge is 0.0755 e. The molecule has 0 aliphatic rings. The Labute approximate surface area is 127 Å². The van der Waals surface area contributed by atoms with Gasteiger partial charge in [-0.2, -0.15) is 0 Å². The second-order valence-electron chi connectivity index (χ2n) is 4.06. The molecule has 3 heteroatoms. The first-order chi connectivity index (χ1) is 8.77. The molecule has 0 nitrogen and oxygen atoms in total. The summed E-state index contributed by atoms with van der Waals surface area (Å²) in [6.45, 7) is 0. The van der Waals surface area contributed by atoms with Crippen molar-refractivity contribution in [2.45, 2.75) is 4.83 Å². The predicted octanol–water partition coefficient (Wildman–Crippen LogP) is 6.15. The molecule has 0 fully saturated rings. The van der Waals surface area contributed by atoms with E-state index in [2.05, 4.69) is 85.8 Å². The van der Waals surface area contributed by atoms with E-state index in [0.717, 1.165) is 0 Å². The molecule has 1 heterocycles. The van der Waals surface area contributed by atoms with Gasteiger partial charge in [0, 0.05) is 9.35 Å². The van der Waals surface area contributed by atoms with Crippen molar-refractivity contribution in [3.05, 3.63) is 68.8 Å². The van der Waals surface area contributed by atoms with Gasteiger partial charge in [-0.05, 0) is 43.7 Å². The van der Waals surface area contributed by atoms with Crippen LogP contribution in [0.4, 0.5) is 0 Å². The standard InChI is InChI=1S/C15H10Br2S/c16-13-8-9-18-15(13)14(17)12-7-3-5-10-4-1-2-6-11(10)12/h1-9,14H. The largest absolute Gasteiger partial charge is 0.146 e. The van der Waals surface area contributed by atoms with Gasteiger partial charge in [0.15, 0.2) is 0 Å². The normalized spacial score (nSPS) is 12.8. The van der Waals surface area contributed by atoms with Crippen molar-refractivity contribution in [3.8, 4) is 0 Å². The zero-order valence-corrected chi connectivity index (χ0v) is 13.4. The van der Waals surface area contributed by atoms with Crippen LogP contribution in [0.15, 0.2) is 58.4 Å². The van der Waals surface area contributed by atoms with Crippen LogP contribution in [0, 0.1) is 0 Å². The Hall–Kier alpha value is -0.640. The molecule has 0 spiro atoms. The zero-order valence-electron chi connectivity index (χ0n) is 9.44. The minimum absolute atomic E-state index is 0.234. The molecule has 0 aliphatic heterocycles. The van der Waals surface area contributed by atoms with Crippen molar-refractivity contribution in [2.75, 3.05) is 0 Å². The molecule has 1 aromatic heterocycles. The molecule has 0 amide bonds. The lowest BCUT2D eigenvalue weighted by Crippen LogP contribution is -1.92. The highest BCUT2D eigenvalue weighted by Gasteiger charge is 2.16. The molecule has 18 heavy (non-hydrogen) atoms. The van der Waals surface area contributed by atoms with Gasteiger partial charge in [0.1, 0.15) is 0 Å². The van der Waals surface area contributed by atoms with Gasteiger partial charge in [-0.3, -0.25) is 0 Å². The summed E-state index contributed by atoms with van der Waals surface area (Å²) in [7, 11) is 0. The highest BCUT2D eigenvalue weighted by molar-refractivity contribution is 9.11. The van der Waals surface area contributed by atoms with Crippen LogP contribution < -0.4 is 0 Å². The third-order valence-electron chi connectivity index (χ3n) is 2.97. The quantitative estimate of drug-likeness (QED) is 0.467. The van der Waals surface area contributed by atoms with Crippen LogP contribution in [0.3, 0.4) is 0 Å². The van der Waals surface area contributed by atoms with Crippen molar-refractivity contribution in [2.24, 2.45) is 0 Å². The Morgan fingerprint density at radius 1 is 0.944 bits per heavy atom. The Morgan fingerprint density at radius 3 is 2.50 bits per heavy atom. The molecule has 3 rings (SSSR count). The topological polar surface area (TPSA) is 0 Å². The number of halogens is 2. The molecule has 0 saturated heterocycles. The lowest BCUT2D eigenvalue weighted by molar-refractivity contribution is 1.24. The molecule has 90 valence electrons. The second kappa shape index (κ2) is 5.16. The van der Waals surface area contributed by atoms with E-state index in [1.165, 1.54) is 25.7 Å². The number of benzene rings is 2. The highest BCUT2D eigenvalue weighted by atomic mass is 79.9. The minimum atomic E-state index is 0.234. The summed E-state index contributed by atoms with van der Waals surface area (Å²) in [5.41, 5.74) is 1.32. The van der Waals surface area contributed by atoms with Gasteiger partial charge in [-0.15, -0.1) is 11.3 Å². The van der Waals surface area contributed by atoms with Gasteiger partial charge in [0.25, 0.3) is 0 Å². The maximum absolute atomic E-state index is 3.83. The van der Waals surface area contributed by atoms with Crippen molar-refractivity contribution >= 4 is 54.0 Å². The summed E-state index contributed by atoms with van der Waals surface area (Å²) in [6, 6.07) is 17.1. The fourth-order valence-electron chi connectivity index (χ4n) is 2.10. The van der Waals surface area contributed by atoms with E-state index in [9.17, 15) is 0 Å². The summed E-state index contributed by atoms with van der Waals surface area (Å²) in [4.78, 5) is 1.55. The number of alkyl halides is 1. The Bertz CT molecular complexity index is 682. The first kappa shape index (κ1) is 12.4. The van der Waals surface area contributed by atoms with Crippen molar-refractivity contribution in [1.29, 1.82) is 0 Å². The van der Waals surface area contributed by atoms with E-state index in [4.69, 9.17) is 0 Å². The molecule has 2 aromatic carbocycles. The summed E-state index contributed by atoms with van der Waals surface area (Å²) >= 11 is 9.20. The molecule has 0 radical (unpaired) electrons. The van der Waals surface area contributed by atoms with Crippen LogP contribution in [-0.2, 0) is 0 Å². The fourth-order valence-corrected chi connectivity index (χ4v) is 4.97. The van der Waals surface area contributed by atoms with Crippen molar-refractivity contribution in [3.63, 3.8) is 0 Å². The average molecular weight is 382 g/mol. The van der Waals surface area contributed by atoms with E-state index >= 15 is 0 Å². The molecule has 1 atom stereocenters. The number of rotatable bonds is 2. The molecular formula is C15H10Br2S. The van der Waals surface area contributed by atoms with Gasteiger partial charge in [-0.25, -0.2) is 0 Å². The van der Waals surface area contributed by atoms with Crippen molar-refractivity contribution < 1.29 is 0 Å². The Morgan fingerprint density at radius 2 is 1.72 bits per heavy atom. The molecule has 0 N–H and O–H groups in total. The minimum Gasteiger partial charge on any atom is -0.146 e. The average Bonchev–Trinajstić information content (AvgIpc) is 2.83. The predicted molar refractivity (Wildman–Crippen MR) is 86.7 cm³/mol. The lowest BCUT2D eigenvalue weighted by atomic mass is 10.0. The first-order valence-electron chi connectivity index (χ1n) is 5.62. The van der Waals surface area contributed by atoms with Gasteiger partial charge in [0.2, 0.25) is 0 Å². The molecule has 0 saturated carbocycles. The maximum atomic E-state index is 3.83. The third kappa shape index (κ3) is 2.15. The first-order valence-corrected chi connectivity index (χ1v) is 8.21. The Balaban J connectivity index is 2.18. The van der Waals surface area contributed by atoms with Crippen LogP contribution in [0.1, 0.15) is 15.3 Å². The summed E-state index contributed by atoms with van der Waals surface area (Å²) < 4.78 is 1.17. The zero-order chi connectivity index (χ0) is 12.5. The number of hydrogen-bond acceptors (Lipinski definition) is 1. The van der Waals surface area contributed by atoms with E-state index in [-0.39, 0.29) is 4.83 Å². The molecule has 3 aromatic rings. The van der Waals surface area contributed by atoms with Gasteiger partial charge >= 0.3 is 0 Å². The van der Waals surface area contributed by atoms with Gasteiger partial charge in [0.05, 0.1) is 4.83 Å². The van der Waals surface area contributed by atoms with E-state index in [1.54, 1.807) is 11.3 Å². The van der Waals surface area contributed by atoms with E-state index in [0.29, 0.717) is 0 Å². The summed E-state index contributed by atoms with van der Waals surface area (Å²) in [6.07, 6.45) is 0. The number of thiophene rings is 1. The fraction of sp³-hybridized carbons (Fsp3) is 0.0667. The SMILES string of the molecule is Brc1ccsc1C(Br)c1cccc2ccccc12. The van der Waals surface area contributed by atoms with Crippen LogP contribution in [-0.4, -0.2) is 0 Å². The molecule has 1 unspecified atom stereocenters. The van der Waals surface area contributed by atoms with Gasteiger partial charge < -0.3 is 0 Å². The van der Waals surface area contributed by atoms with Crippen LogP contribution in [0.25, 0.3) is 10.8 Å². The van der Waals surface area contributed by atoms with E-state index < -0.39 is 0 Å². The number of hydrogen-bond donors (Lipinski definition) is 0. The van der Waals surface area contributed by atoms with Crippen LogP contribution in [0.5, 0.6) is 0 Å². The lowest BCUT2D eigenvalue weighted by Gasteiger charge is -2.12. The van der Waals surface area contributed by atoms with Crippen LogP contribution in [0.2, 0.25) is 0 Å². The molecule has 0 bridgehead atoms. The van der Waals surface area contributed by atoms with Gasteiger partial charge in [-0.1, -0.05) is 58.4 Å². The summed E-state index contributed by atoms with van der Waals surface area (Å²) in [5, 5.41) is 4.70. The van der Waals surface area contributed by atoms with Crippen molar-refractivity contribution in [1.82, 2.24) is 0 Å². The second-order valence-corrected chi connectivity index (χ2v) is 6.78. The maximum Gasteiger partial charge on any atom is 0.0755 e. The molecule has 0 aliphatic carbocycles. The Kier molecular flexibility index (Phi) is 3.55. The third-order valence-corrected chi connectivity index (χ3v) is 6.16. The molecular weight excluding hydrogens is 372 g/mol.